The lowest BCUT2D eigenvalue weighted by molar-refractivity contribution is -0.116. The summed E-state index contributed by atoms with van der Waals surface area (Å²) in [6.45, 7) is 0. The molecular formula is C23H31N3O5. The number of ether oxygens (including phenoxy) is 3. The van der Waals surface area contributed by atoms with E-state index in [0.29, 0.717) is 28.6 Å². The highest BCUT2D eigenvalue weighted by Gasteiger charge is 2.35. The average molecular weight is 430 g/mol. The summed E-state index contributed by atoms with van der Waals surface area (Å²) in [5, 5.41) is 6.00. The SMILES string of the molecule is COc1cc([C@H]2CC(=O)Nc3c2c(=O)[nH]n3C2CCCCCCC2)cc(OC)c1OC. The molecule has 1 aliphatic carbocycles. The molecule has 31 heavy (non-hydrogen) atoms. The van der Waals surface area contributed by atoms with Crippen LogP contribution in [0.25, 0.3) is 0 Å². The third-order valence-electron chi connectivity index (χ3n) is 6.49. The lowest BCUT2D eigenvalue weighted by Crippen LogP contribution is -2.27. The van der Waals surface area contributed by atoms with Gasteiger partial charge in [0.25, 0.3) is 5.56 Å². The van der Waals surface area contributed by atoms with E-state index in [1.807, 2.05) is 16.8 Å². The Labute approximate surface area is 181 Å². The quantitative estimate of drug-likeness (QED) is 0.750. The van der Waals surface area contributed by atoms with Gasteiger partial charge in [0.15, 0.2) is 11.5 Å². The Balaban J connectivity index is 1.79. The van der Waals surface area contributed by atoms with Gasteiger partial charge in [0.05, 0.1) is 32.9 Å². The average Bonchev–Trinajstić information content (AvgIpc) is 3.07. The van der Waals surface area contributed by atoms with Crippen molar-refractivity contribution in [2.45, 2.75) is 63.3 Å². The van der Waals surface area contributed by atoms with Crippen LogP contribution in [-0.4, -0.2) is 37.0 Å². The van der Waals surface area contributed by atoms with E-state index in [1.165, 1.54) is 19.3 Å². The molecule has 2 aromatic rings. The molecule has 1 atom stereocenters. The van der Waals surface area contributed by atoms with Crippen LogP contribution in [0.2, 0.25) is 0 Å². The maximum absolute atomic E-state index is 13.1. The number of H-pyrrole nitrogens is 1. The van der Waals surface area contributed by atoms with E-state index in [9.17, 15) is 9.59 Å². The summed E-state index contributed by atoms with van der Waals surface area (Å²) in [5.74, 6) is 1.59. The molecule has 168 valence electrons. The highest BCUT2D eigenvalue weighted by atomic mass is 16.5. The number of nitrogens with zero attached hydrogens (tertiary/aromatic N) is 1. The molecule has 1 saturated carbocycles. The van der Waals surface area contributed by atoms with E-state index in [1.54, 1.807) is 21.3 Å². The van der Waals surface area contributed by atoms with Gasteiger partial charge >= 0.3 is 0 Å². The standard InChI is InChI=1S/C23H31N3O5/c1-29-17-11-14(12-18(30-2)21(17)31-3)16-13-19(27)24-22-20(16)23(28)25-26(22)15-9-7-5-4-6-8-10-15/h11-12,15-16H,4-10,13H2,1-3H3,(H,24,27)(H,25,28)/t16-/m1/s1. The van der Waals surface area contributed by atoms with Crippen LogP contribution in [0, 0.1) is 0 Å². The van der Waals surface area contributed by atoms with Gasteiger partial charge in [-0.25, -0.2) is 0 Å². The van der Waals surface area contributed by atoms with Crippen LogP contribution in [0.5, 0.6) is 17.2 Å². The number of hydrogen-bond donors (Lipinski definition) is 2. The lowest BCUT2D eigenvalue weighted by atomic mass is 9.86. The van der Waals surface area contributed by atoms with Gasteiger partial charge in [-0.15, -0.1) is 0 Å². The monoisotopic (exact) mass is 429 g/mol. The fraction of sp³-hybridized carbons (Fsp3) is 0.565. The number of rotatable bonds is 5. The normalized spacial score (nSPS) is 19.7. The molecule has 1 amide bonds. The van der Waals surface area contributed by atoms with Crippen molar-refractivity contribution >= 4 is 11.7 Å². The van der Waals surface area contributed by atoms with Crippen LogP contribution >= 0.6 is 0 Å². The van der Waals surface area contributed by atoms with Crippen LogP contribution in [0.4, 0.5) is 5.82 Å². The maximum atomic E-state index is 13.1. The zero-order valence-corrected chi connectivity index (χ0v) is 18.5. The number of aromatic nitrogens is 2. The molecule has 0 radical (unpaired) electrons. The van der Waals surface area contributed by atoms with Gasteiger partial charge in [0, 0.05) is 12.3 Å². The van der Waals surface area contributed by atoms with E-state index in [-0.39, 0.29) is 23.9 Å². The van der Waals surface area contributed by atoms with E-state index in [4.69, 9.17) is 14.2 Å². The number of aromatic amines is 1. The predicted molar refractivity (Wildman–Crippen MR) is 118 cm³/mol. The summed E-state index contributed by atoms with van der Waals surface area (Å²) in [6.07, 6.45) is 8.14. The molecule has 1 fully saturated rings. The van der Waals surface area contributed by atoms with Gasteiger partial charge in [-0.05, 0) is 30.5 Å². The first kappa shape index (κ1) is 21.3. The molecule has 1 aromatic heterocycles. The van der Waals surface area contributed by atoms with Crippen molar-refractivity contribution in [1.29, 1.82) is 0 Å². The lowest BCUT2D eigenvalue weighted by Gasteiger charge is -2.27. The smallest absolute Gasteiger partial charge is 0.270 e. The van der Waals surface area contributed by atoms with Crippen LogP contribution in [0.15, 0.2) is 16.9 Å². The second kappa shape index (κ2) is 9.08. The van der Waals surface area contributed by atoms with Gasteiger partial charge in [-0.3, -0.25) is 19.4 Å². The molecule has 0 unspecified atom stereocenters. The summed E-state index contributed by atoms with van der Waals surface area (Å²) in [6, 6.07) is 3.83. The molecule has 2 aliphatic rings. The second-order valence-electron chi connectivity index (χ2n) is 8.34. The molecule has 1 aliphatic heterocycles. The number of fused-ring (bicyclic) bond motifs is 1. The molecule has 2 N–H and O–H groups in total. The molecule has 0 saturated heterocycles. The molecule has 8 heteroatoms. The Morgan fingerprint density at radius 1 is 0.903 bits per heavy atom. The topological polar surface area (TPSA) is 94.6 Å². The number of nitrogens with one attached hydrogen (secondary N) is 2. The van der Waals surface area contributed by atoms with Crippen molar-refractivity contribution in [2.75, 3.05) is 26.6 Å². The van der Waals surface area contributed by atoms with Crippen molar-refractivity contribution < 1.29 is 19.0 Å². The van der Waals surface area contributed by atoms with Crippen molar-refractivity contribution in [3.8, 4) is 17.2 Å². The largest absolute Gasteiger partial charge is 0.493 e. The van der Waals surface area contributed by atoms with E-state index >= 15 is 0 Å². The van der Waals surface area contributed by atoms with Gasteiger partial charge in [-0.2, -0.15) is 0 Å². The molecule has 4 rings (SSSR count). The molecule has 1 aromatic carbocycles. The first-order chi connectivity index (χ1) is 15.1. The summed E-state index contributed by atoms with van der Waals surface area (Å²) < 4.78 is 18.3. The second-order valence-corrected chi connectivity index (χ2v) is 8.34. The molecular weight excluding hydrogens is 398 g/mol. The Morgan fingerprint density at radius 3 is 2.10 bits per heavy atom. The number of amides is 1. The minimum atomic E-state index is -0.393. The predicted octanol–water partition coefficient (Wildman–Crippen LogP) is 3.96. The molecule has 2 heterocycles. The number of anilines is 1. The van der Waals surface area contributed by atoms with Crippen molar-refractivity contribution in [3.63, 3.8) is 0 Å². The van der Waals surface area contributed by atoms with Crippen molar-refractivity contribution in [2.24, 2.45) is 0 Å². The minimum Gasteiger partial charge on any atom is -0.493 e. The number of benzene rings is 1. The number of carbonyl (C=O) groups is 1. The van der Waals surface area contributed by atoms with Crippen LogP contribution in [0.1, 0.15) is 74.5 Å². The van der Waals surface area contributed by atoms with E-state index in [0.717, 1.165) is 31.2 Å². The van der Waals surface area contributed by atoms with Crippen molar-refractivity contribution in [1.82, 2.24) is 9.78 Å². The van der Waals surface area contributed by atoms with Crippen LogP contribution in [0.3, 0.4) is 0 Å². The summed E-state index contributed by atoms with van der Waals surface area (Å²) in [7, 11) is 4.65. The number of carbonyl (C=O) groups excluding carboxylic acids is 1. The highest BCUT2D eigenvalue weighted by Crippen LogP contribution is 2.44. The summed E-state index contributed by atoms with van der Waals surface area (Å²) >= 11 is 0. The summed E-state index contributed by atoms with van der Waals surface area (Å²) in [4.78, 5) is 25.8. The number of methoxy groups -OCH3 is 3. The number of hydrogen-bond acceptors (Lipinski definition) is 5. The Morgan fingerprint density at radius 2 is 1.52 bits per heavy atom. The third-order valence-corrected chi connectivity index (χ3v) is 6.49. The fourth-order valence-corrected chi connectivity index (χ4v) is 4.94. The highest BCUT2D eigenvalue weighted by molar-refractivity contribution is 5.94. The zero-order valence-electron chi connectivity index (χ0n) is 18.5. The zero-order chi connectivity index (χ0) is 22.0. The maximum Gasteiger partial charge on any atom is 0.270 e. The Hall–Kier alpha value is -2.90. The van der Waals surface area contributed by atoms with Gasteiger partial charge in [0.1, 0.15) is 5.82 Å². The molecule has 8 nitrogen and oxygen atoms in total. The first-order valence-corrected chi connectivity index (χ1v) is 11.0. The molecule has 0 spiro atoms. The minimum absolute atomic E-state index is 0.107. The van der Waals surface area contributed by atoms with Crippen LogP contribution in [-0.2, 0) is 4.79 Å². The van der Waals surface area contributed by atoms with Gasteiger partial charge < -0.3 is 19.5 Å². The van der Waals surface area contributed by atoms with E-state index < -0.39 is 5.92 Å². The van der Waals surface area contributed by atoms with E-state index in [2.05, 4.69) is 10.4 Å². The summed E-state index contributed by atoms with van der Waals surface area (Å²) in [5.41, 5.74) is 1.22. The Bertz CT molecular complexity index is 976. The van der Waals surface area contributed by atoms with Crippen LogP contribution < -0.4 is 25.1 Å². The third kappa shape index (κ3) is 4.03. The first-order valence-electron chi connectivity index (χ1n) is 11.0. The van der Waals surface area contributed by atoms with Gasteiger partial charge in [-0.1, -0.05) is 32.1 Å². The van der Waals surface area contributed by atoms with Crippen molar-refractivity contribution in [3.05, 3.63) is 33.6 Å². The fourth-order valence-electron chi connectivity index (χ4n) is 4.94. The molecule has 0 bridgehead atoms. The Kier molecular flexibility index (Phi) is 6.25. The van der Waals surface area contributed by atoms with Gasteiger partial charge in [0.2, 0.25) is 11.7 Å².